The van der Waals surface area contributed by atoms with Crippen molar-refractivity contribution in [2.75, 3.05) is 0 Å². The Morgan fingerprint density at radius 3 is 1.92 bits per heavy atom. The van der Waals surface area contributed by atoms with Crippen LogP contribution in [0, 0.1) is 0 Å². The van der Waals surface area contributed by atoms with Crippen LogP contribution in [0.3, 0.4) is 0 Å². The summed E-state index contributed by atoms with van der Waals surface area (Å²) < 4.78 is 4.66. The molecule has 1 aliphatic heterocycles. The van der Waals surface area contributed by atoms with E-state index in [2.05, 4.69) is 124 Å². The maximum absolute atomic E-state index is 5.26. The van der Waals surface area contributed by atoms with Crippen LogP contribution < -0.4 is 0 Å². The van der Waals surface area contributed by atoms with Crippen molar-refractivity contribution in [1.29, 1.82) is 0 Å². The third kappa shape index (κ3) is 3.42. The zero-order chi connectivity index (χ0) is 31.3. The summed E-state index contributed by atoms with van der Waals surface area (Å²) in [6.07, 6.45) is 1.88. The lowest BCUT2D eigenvalue weighted by atomic mass is 9.95. The molecule has 6 aromatic carbocycles. The second-order valence-electron chi connectivity index (χ2n) is 12.5. The van der Waals surface area contributed by atoms with Crippen LogP contribution in [0.1, 0.15) is 0 Å². The fraction of sp³-hybridized carbons (Fsp3) is 0. The topological polar surface area (TPSA) is 48.5 Å². The molecule has 0 atom stereocenters. The second kappa shape index (κ2) is 9.47. The van der Waals surface area contributed by atoms with Gasteiger partial charge in [0.15, 0.2) is 5.82 Å². The van der Waals surface area contributed by atoms with Crippen LogP contribution in [0.5, 0.6) is 0 Å². The Bertz CT molecular complexity index is 2950. The molecule has 5 heterocycles. The minimum Gasteiger partial charge on any atom is -0.309 e. The van der Waals surface area contributed by atoms with Crippen molar-refractivity contribution in [3.8, 4) is 45.1 Å². The zero-order valence-corrected chi connectivity index (χ0v) is 25.7. The lowest BCUT2D eigenvalue weighted by Gasteiger charge is -2.11. The number of pyridine rings is 1. The third-order valence-corrected chi connectivity index (χ3v) is 9.87. The highest BCUT2D eigenvalue weighted by Crippen LogP contribution is 2.47. The van der Waals surface area contributed by atoms with Crippen LogP contribution in [-0.2, 0) is 0 Å². The highest BCUT2D eigenvalue weighted by atomic mass is 15.1. The number of aromatic nitrogens is 5. The van der Waals surface area contributed by atoms with Crippen LogP contribution in [0.25, 0.3) is 99.8 Å². The first kappa shape index (κ1) is 25.6. The number of rotatable bonds is 2. The summed E-state index contributed by atoms with van der Waals surface area (Å²) in [4.78, 5) is 15.5. The van der Waals surface area contributed by atoms with Gasteiger partial charge in [-0.2, -0.15) is 0 Å². The first-order chi connectivity index (χ1) is 23.8. The van der Waals surface area contributed by atoms with Gasteiger partial charge in [-0.15, -0.1) is 0 Å². The van der Waals surface area contributed by atoms with Gasteiger partial charge in [0, 0.05) is 44.6 Å². The van der Waals surface area contributed by atoms with Gasteiger partial charge >= 0.3 is 0 Å². The van der Waals surface area contributed by atoms with E-state index in [-0.39, 0.29) is 0 Å². The summed E-state index contributed by atoms with van der Waals surface area (Å²) in [7, 11) is 0. The van der Waals surface area contributed by atoms with Crippen LogP contribution >= 0.6 is 0 Å². The van der Waals surface area contributed by atoms with Gasteiger partial charge in [0.25, 0.3) is 0 Å². The van der Waals surface area contributed by atoms with E-state index < -0.39 is 0 Å². The molecular formula is C43H25N5. The first-order valence-corrected chi connectivity index (χ1v) is 16.2. The fourth-order valence-electron chi connectivity index (χ4n) is 7.81. The van der Waals surface area contributed by atoms with Gasteiger partial charge in [-0.05, 0) is 83.9 Å². The quantitative estimate of drug-likeness (QED) is 0.195. The Kier molecular flexibility index (Phi) is 5.05. The smallest absolute Gasteiger partial charge is 0.165 e. The summed E-state index contributed by atoms with van der Waals surface area (Å²) in [6.45, 7) is 0. The first-order valence-electron chi connectivity index (χ1n) is 16.2. The summed E-state index contributed by atoms with van der Waals surface area (Å²) in [5.74, 6) is 0.829. The minimum absolute atomic E-state index is 0.829. The van der Waals surface area contributed by atoms with Gasteiger partial charge in [0.2, 0.25) is 0 Å². The van der Waals surface area contributed by atoms with Crippen LogP contribution in [0.2, 0.25) is 0 Å². The van der Waals surface area contributed by atoms with Crippen LogP contribution in [0.4, 0.5) is 0 Å². The molecule has 0 saturated heterocycles. The van der Waals surface area contributed by atoms with Gasteiger partial charge in [0.05, 0.1) is 38.8 Å². The van der Waals surface area contributed by atoms with E-state index in [0.717, 1.165) is 67.2 Å². The van der Waals surface area contributed by atoms with E-state index in [4.69, 9.17) is 15.0 Å². The van der Waals surface area contributed by atoms with Crippen molar-refractivity contribution >= 4 is 54.6 Å². The standard InChI is InChI=1S/C43H25N5/c1-2-11-28(12-3-1)47-37-18-8-4-13-29(37)32-23-26(20-21-39(32)47)27-24-33-30-14-5-9-19-38(30)48-42(33)34(25-27)40-31(15-10-22-44-40)41-43(48)46-36-17-7-6-16-35(36)45-41/h1-25H. The minimum atomic E-state index is 0.829. The highest BCUT2D eigenvalue weighted by Gasteiger charge is 2.28. The average molecular weight is 612 g/mol. The van der Waals surface area contributed by atoms with Gasteiger partial charge in [0.1, 0.15) is 5.69 Å². The number of hydrogen-bond acceptors (Lipinski definition) is 3. The van der Waals surface area contributed by atoms with Crippen molar-refractivity contribution in [2.45, 2.75) is 0 Å². The number of fused-ring (bicyclic) bond motifs is 12. The molecule has 10 aromatic rings. The number of hydrogen-bond donors (Lipinski definition) is 0. The molecule has 0 bridgehead atoms. The van der Waals surface area contributed by atoms with E-state index in [1.807, 2.05) is 36.5 Å². The largest absolute Gasteiger partial charge is 0.309 e. The Labute approximate surface area is 275 Å². The normalized spacial score (nSPS) is 12.2. The van der Waals surface area contributed by atoms with Crippen molar-refractivity contribution in [3.05, 3.63) is 152 Å². The SMILES string of the molecule is c1ccc(-n2c3ccccc3c3cc(-c4cc5c6c(c4)c4ccccc4n6-c4nc6ccccc6nc4-c4cccnc4-5)ccc32)cc1. The molecule has 48 heavy (non-hydrogen) atoms. The molecule has 5 heteroatoms. The van der Waals surface area contributed by atoms with Crippen molar-refractivity contribution in [2.24, 2.45) is 0 Å². The molecule has 0 aliphatic carbocycles. The van der Waals surface area contributed by atoms with Crippen molar-refractivity contribution in [1.82, 2.24) is 24.1 Å². The molecule has 0 unspecified atom stereocenters. The summed E-state index contributed by atoms with van der Waals surface area (Å²) >= 11 is 0. The molecule has 0 radical (unpaired) electrons. The zero-order valence-electron chi connectivity index (χ0n) is 25.7. The predicted octanol–water partition coefficient (Wildman–Crippen LogP) is 10.5. The van der Waals surface area contributed by atoms with E-state index >= 15 is 0 Å². The van der Waals surface area contributed by atoms with E-state index in [1.165, 1.54) is 32.6 Å². The molecule has 5 nitrogen and oxygen atoms in total. The average Bonchev–Trinajstić information content (AvgIpc) is 3.63. The molecule has 0 saturated carbocycles. The van der Waals surface area contributed by atoms with Gasteiger partial charge in [-0.25, -0.2) is 9.97 Å². The molecule has 0 N–H and O–H groups in total. The Hall–Kier alpha value is -6.59. The van der Waals surface area contributed by atoms with Crippen LogP contribution in [0.15, 0.2) is 152 Å². The molecule has 0 amide bonds. The summed E-state index contributed by atoms with van der Waals surface area (Å²) in [6, 6.07) is 51.7. The second-order valence-corrected chi connectivity index (χ2v) is 12.5. The molecule has 4 aromatic heterocycles. The molecule has 222 valence electrons. The lowest BCUT2D eigenvalue weighted by Crippen LogP contribution is -2.02. The molecule has 0 spiro atoms. The number of nitrogens with zero attached hydrogens (tertiary/aromatic N) is 5. The summed E-state index contributed by atoms with van der Waals surface area (Å²) in [5.41, 5.74) is 13.6. The summed E-state index contributed by atoms with van der Waals surface area (Å²) in [5, 5.41) is 4.81. The van der Waals surface area contributed by atoms with Gasteiger partial charge < -0.3 is 4.57 Å². The van der Waals surface area contributed by atoms with E-state index in [1.54, 1.807) is 0 Å². The Morgan fingerprint density at radius 2 is 1.08 bits per heavy atom. The third-order valence-electron chi connectivity index (χ3n) is 9.87. The monoisotopic (exact) mass is 611 g/mol. The predicted molar refractivity (Wildman–Crippen MR) is 196 cm³/mol. The Morgan fingerprint density at radius 1 is 0.417 bits per heavy atom. The molecule has 1 aliphatic rings. The van der Waals surface area contributed by atoms with E-state index in [0.29, 0.717) is 0 Å². The lowest BCUT2D eigenvalue weighted by molar-refractivity contribution is 1.09. The van der Waals surface area contributed by atoms with Gasteiger partial charge in [-0.3, -0.25) is 9.55 Å². The Balaban J connectivity index is 1.24. The number of benzene rings is 6. The number of para-hydroxylation sites is 5. The van der Waals surface area contributed by atoms with E-state index in [9.17, 15) is 0 Å². The molecule has 11 rings (SSSR count). The highest BCUT2D eigenvalue weighted by molar-refractivity contribution is 6.17. The maximum atomic E-state index is 5.26. The molecular weight excluding hydrogens is 587 g/mol. The van der Waals surface area contributed by atoms with Crippen molar-refractivity contribution < 1.29 is 0 Å². The van der Waals surface area contributed by atoms with Crippen molar-refractivity contribution in [3.63, 3.8) is 0 Å². The fourth-order valence-corrected chi connectivity index (χ4v) is 7.81. The molecule has 0 fully saturated rings. The van der Waals surface area contributed by atoms with Crippen LogP contribution in [-0.4, -0.2) is 24.1 Å². The maximum Gasteiger partial charge on any atom is 0.165 e. The van der Waals surface area contributed by atoms with Gasteiger partial charge in [-0.1, -0.05) is 72.8 Å².